The van der Waals surface area contributed by atoms with Crippen LogP contribution in [0.3, 0.4) is 0 Å². The predicted molar refractivity (Wildman–Crippen MR) is 175 cm³/mol. The Hall–Kier alpha value is -4.84. The van der Waals surface area contributed by atoms with Gasteiger partial charge in [0.25, 0.3) is 32.1 Å². The minimum atomic E-state index is -3.67. The first-order chi connectivity index (χ1) is 20.9. The third-order valence-corrected chi connectivity index (χ3v) is 5.32. The number of aromatic carboxylic acids is 1. The molecule has 0 spiro atoms. The summed E-state index contributed by atoms with van der Waals surface area (Å²) in [4.78, 5) is 37.9. The largest absolute Gasteiger partial charge is 0.478 e. The standard InChI is InChI=1S/C27H29N5O4.2CH4O3S/c1-27(2,3)14-31-24(33)16-6-10-19(22(12-16)26(35)36)21-13-17(28)7-11-20(21)25(34)32-18-8-4-15(5-9-18)23(29)30;2*1-5(2,3)4/h4-13H,14,28H2,1-3H3,(H3,29,30)(H,31,33)(H,32,34)(H,35,36);2*1H3,(H,2,3,4). The second-order valence-corrected chi connectivity index (χ2v) is 14.0. The van der Waals surface area contributed by atoms with Crippen LogP contribution in [-0.2, 0) is 20.2 Å². The Morgan fingerprint density at radius 2 is 1.28 bits per heavy atom. The average Bonchev–Trinajstić information content (AvgIpc) is 2.89. The normalized spacial score (nSPS) is 11.1. The van der Waals surface area contributed by atoms with E-state index in [1.54, 1.807) is 30.3 Å². The summed E-state index contributed by atoms with van der Waals surface area (Å²) in [5.41, 5.74) is 13.5. The molecule has 17 heteroatoms. The van der Waals surface area contributed by atoms with Gasteiger partial charge in [-0.2, -0.15) is 16.8 Å². The first-order valence-corrected chi connectivity index (χ1v) is 16.7. The van der Waals surface area contributed by atoms with E-state index in [4.69, 9.17) is 26.0 Å². The topological polar surface area (TPSA) is 280 Å². The number of nitrogens with two attached hydrogens (primary N) is 2. The molecule has 46 heavy (non-hydrogen) atoms. The molecule has 15 nitrogen and oxygen atoms in total. The van der Waals surface area contributed by atoms with Crippen molar-refractivity contribution in [3.8, 4) is 11.1 Å². The predicted octanol–water partition coefficient (Wildman–Crippen LogP) is 2.95. The van der Waals surface area contributed by atoms with E-state index >= 15 is 0 Å². The fraction of sp³-hybridized carbons (Fsp3) is 0.241. The summed E-state index contributed by atoms with van der Waals surface area (Å²) in [6.07, 6.45) is 1.43. The maximum absolute atomic E-state index is 13.1. The van der Waals surface area contributed by atoms with Gasteiger partial charge in [-0.05, 0) is 71.1 Å². The molecule has 0 bridgehead atoms. The maximum Gasteiger partial charge on any atom is 0.336 e. The van der Waals surface area contributed by atoms with Crippen LogP contribution in [0.15, 0.2) is 60.7 Å². The van der Waals surface area contributed by atoms with E-state index in [1.807, 2.05) is 20.8 Å². The van der Waals surface area contributed by atoms with Crippen molar-refractivity contribution >= 4 is 55.2 Å². The summed E-state index contributed by atoms with van der Waals surface area (Å²) in [5.74, 6) is -2.21. The smallest absolute Gasteiger partial charge is 0.336 e. The van der Waals surface area contributed by atoms with Crippen LogP contribution in [0.25, 0.3) is 11.1 Å². The first-order valence-electron chi connectivity index (χ1n) is 13.0. The van der Waals surface area contributed by atoms with Crippen molar-refractivity contribution in [3.05, 3.63) is 82.9 Å². The van der Waals surface area contributed by atoms with Crippen molar-refractivity contribution in [1.82, 2.24) is 5.32 Å². The zero-order chi connectivity index (χ0) is 35.6. The molecule has 0 aliphatic heterocycles. The van der Waals surface area contributed by atoms with Crippen LogP contribution < -0.4 is 22.1 Å². The maximum atomic E-state index is 13.1. The number of anilines is 2. The Kier molecular flexibility index (Phi) is 13.6. The zero-order valence-corrected chi connectivity index (χ0v) is 27.3. The van der Waals surface area contributed by atoms with Gasteiger partial charge >= 0.3 is 5.97 Å². The number of carbonyl (C=O) groups excluding carboxylic acids is 2. The Labute approximate surface area is 267 Å². The Balaban J connectivity index is 0.000000919. The summed E-state index contributed by atoms with van der Waals surface area (Å²) in [6, 6.07) is 15.3. The van der Waals surface area contributed by atoms with Crippen LogP contribution in [-0.4, -0.2) is 73.7 Å². The van der Waals surface area contributed by atoms with Crippen LogP contribution in [0.5, 0.6) is 0 Å². The molecule has 0 atom stereocenters. The first kappa shape index (κ1) is 39.2. The number of amides is 2. The van der Waals surface area contributed by atoms with Gasteiger partial charge in [0.15, 0.2) is 0 Å². The lowest BCUT2D eigenvalue weighted by atomic mass is 9.92. The highest BCUT2D eigenvalue weighted by Gasteiger charge is 2.21. The number of nitrogens with one attached hydrogen (secondary N) is 3. The van der Waals surface area contributed by atoms with Crippen molar-refractivity contribution in [2.75, 3.05) is 30.1 Å². The Bertz CT molecular complexity index is 1770. The monoisotopic (exact) mass is 679 g/mol. The Morgan fingerprint density at radius 3 is 1.74 bits per heavy atom. The van der Waals surface area contributed by atoms with Gasteiger partial charge in [0.1, 0.15) is 5.84 Å². The highest BCUT2D eigenvalue weighted by molar-refractivity contribution is 7.85. The third-order valence-electron chi connectivity index (χ3n) is 5.32. The van der Waals surface area contributed by atoms with Crippen LogP contribution in [0.1, 0.15) is 57.4 Å². The van der Waals surface area contributed by atoms with Crippen molar-refractivity contribution in [2.45, 2.75) is 20.8 Å². The average molecular weight is 680 g/mol. The van der Waals surface area contributed by atoms with Crippen LogP contribution in [0.2, 0.25) is 0 Å². The summed E-state index contributed by atoms with van der Waals surface area (Å²) in [6.45, 7) is 6.35. The number of hydrogen-bond donors (Lipinski definition) is 8. The van der Waals surface area contributed by atoms with Gasteiger partial charge < -0.3 is 27.2 Å². The molecule has 0 fully saturated rings. The lowest BCUT2D eigenvalue weighted by molar-refractivity contribution is 0.0697. The number of carbonyl (C=O) groups is 3. The van der Waals surface area contributed by atoms with Crippen molar-refractivity contribution < 1.29 is 45.4 Å². The number of benzene rings is 3. The summed E-state index contributed by atoms with van der Waals surface area (Å²) in [5, 5.41) is 22.9. The number of hydrogen-bond acceptors (Lipinski definition) is 9. The third kappa shape index (κ3) is 15.2. The molecule has 250 valence electrons. The summed E-state index contributed by atoms with van der Waals surface area (Å²) < 4.78 is 51.7. The molecule has 3 aromatic carbocycles. The van der Waals surface area contributed by atoms with Gasteiger partial charge in [0, 0.05) is 34.6 Å². The second-order valence-electron chi connectivity index (χ2n) is 11.0. The van der Waals surface area contributed by atoms with Gasteiger partial charge in [0.05, 0.1) is 18.1 Å². The zero-order valence-electron chi connectivity index (χ0n) is 25.7. The Morgan fingerprint density at radius 1 is 0.783 bits per heavy atom. The van der Waals surface area contributed by atoms with Crippen molar-refractivity contribution in [1.29, 1.82) is 5.41 Å². The molecule has 0 aliphatic carbocycles. The number of carboxylic acids is 1. The number of nitrogen functional groups attached to an aromatic ring is 2. The molecule has 0 aliphatic rings. The van der Waals surface area contributed by atoms with E-state index in [-0.39, 0.29) is 33.5 Å². The van der Waals surface area contributed by atoms with Crippen LogP contribution in [0.4, 0.5) is 11.4 Å². The lowest BCUT2D eigenvalue weighted by Crippen LogP contribution is -2.32. The summed E-state index contributed by atoms with van der Waals surface area (Å²) >= 11 is 0. The summed E-state index contributed by atoms with van der Waals surface area (Å²) in [7, 11) is -7.33. The lowest BCUT2D eigenvalue weighted by Gasteiger charge is -2.19. The second kappa shape index (κ2) is 15.9. The van der Waals surface area contributed by atoms with Gasteiger partial charge in [-0.3, -0.25) is 24.1 Å². The minimum Gasteiger partial charge on any atom is -0.478 e. The number of rotatable bonds is 7. The van der Waals surface area contributed by atoms with E-state index in [1.165, 1.54) is 30.3 Å². The molecule has 0 aromatic heterocycles. The molecular formula is C29H37N5O10S2. The van der Waals surface area contributed by atoms with Gasteiger partial charge in [-0.25, -0.2) is 4.79 Å². The quantitative estimate of drug-likeness (QED) is 0.0774. The van der Waals surface area contributed by atoms with E-state index in [2.05, 4.69) is 10.6 Å². The molecular weight excluding hydrogens is 642 g/mol. The minimum absolute atomic E-state index is 0.0922. The SMILES string of the molecule is CC(C)(C)CNC(=O)c1ccc(-c2cc(N)ccc2C(=O)Nc2ccc(C(=N)N)cc2)c(C(=O)O)c1.CS(=O)(=O)O.CS(=O)(=O)O. The molecule has 2 amide bonds. The fourth-order valence-corrected chi connectivity index (χ4v) is 3.46. The molecule has 0 heterocycles. The molecule has 0 saturated carbocycles. The molecule has 0 saturated heterocycles. The van der Waals surface area contributed by atoms with Gasteiger partial charge in [-0.1, -0.05) is 26.8 Å². The van der Waals surface area contributed by atoms with E-state index in [9.17, 15) is 36.3 Å². The highest BCUT2D eigenvalue weighted by Crippen LogP contribution is 2.31. The molecule has 3 aromatic rings. The molecule has 10 N–H and O–H groups in total. The van der Waals surface area contributed by atoms with Crippen molar-refractivity contribution in [2.24, 2.45) is 11.1 Å². The van der Waals surface area contributed by atoms with Gasteiger partial charge in [-0.15, -0.1) is 0 Å². The molecule has 0 radical (unpaired) electrons. The van der Waals surface area contributed by atoms with Crippen LogP contribution >= 0.6 is 0 Å². The number of amidine groups is 1. The van der Waals surface area contributed by atoms with Crippen molar-refractivity contribution in [3.63, 3.8) is 0 Å². The molecule has 0 unspecified atom stereocenters. The van der Waals surface area contributed by atoms with E-state index in [0.717, 1.165) is 0 Å². The fourth-order valence-electron chi connectivity index (χ4n) is 3.46. The van der Waals surface area contributed by atoms with E-state index < -0.39 is 38.0 Å². The van der Waals surface area contributed by atoms with Gasteiger partial charge in [0.2, 0.25) is 0 Å². The van der Waals surface area contributed by atoms with E-state index in [0.29, 0.717) is 41.6 Å². The molecule has 3 rings (SSSR count). The number of carboxylic acid groups (broad SMARTS) is 1. The highest BCUT2D eigenvalue weighted by atomic mass is 32.2. The van der Waals surface area contributed by atoms with Crippen LogP contribution in [0, 0.1) is 10.8 Å².